The van der Waals surface area contributed by atoms with Gasteiger partial charge in [-0.15, -0.1) is 0 Å². The first-order valence-electron chi connectivity index (χ1n) is 11.7. The Labute approximate surface area is 221 Å². The first-order valence-corrected chi connectivity index (χ1v) is 12.5. The molecule has 2 fully saturated rings. The van der Waals surface area contributed by atoms with Gasteiger partial charge in [-0.25, -0.2) is 0 Å². The largest absolute Gasteiger partial charge is 0.416 e. The van der Waals surface area contributed by atoms with Crippen molar-refractivity contribution in [1.29, 1.82) is 0 Å². The second-order valence-corrected chi connectivity index (χ2v) is 10.2. The molecule has 0 radical (unpaired) electrons. The Morgan fingerprint density at radius 3 is 2.54 bits per heavy atom. The third-order valence-electron chi connectivity index (χ3n) is 6.60. The summed E-state index contributed by atoms with van der Waals surface area (Å²) in [5, 5.41) is 17.4. The van der Waals surface area contributed by atoms with Crippen LogP contribution in [0.4, 0.5) is 31.1 Å². The summed E-state index contributed by atoms with van der Waals surface area (Å²) in [5.74, 6) is -0.532. The average molecular weight is 571 g/mol. The Morgan fingerprint density at radius 1 is 1.08 bits per heavy atom. The number of carbonyl (C=O) groups excluding carboxylic acids is 2. The number of amides is 2. The van der Waals surface area contributed by atoms with Crippen LogP contribution in [0.2, 0.25) is 0 Å². The fraction of sp³-hybridized carbons (Fsp3) is 0.320. The minimum Gasteiger partial charge on any atom is -0.391 e. The second-order valence-electron chi connectivity index (χ2n) is 9.17. The van der Waals surface area contributed by atoms with E-state index in [0.29, 0.717) is 35.5 Å². The molecule has 5 rings (SSSR count). The van der Waals surface area contributed by atoms with E-state index in [2.05, 4.69) is 10.4 Å². The zero-order valence-corrected chi connectivity index (χ0v) is 20.7. The van der Waals surface area contributed by atoms with E-state index in [1.807, 2.05) is 0 Å². The molecule has 0 spiro atoms. The number of piperidine rings is 1. The molecule has 206 valence electrons. The van der Waals surface area contributed by atoms with Crippen LogP contribution in [0.1, 0.15) is 28.7 Å². The quantitative estimate of drug-likeness (QED) is 0.344. The highest BCUT2D eigenvalue weighted by atomic mass is 32.2. The van der Waals surface area contributed by atoms with Crippen molar-refractivity contribution in [2.75, 3.05) is 13.1 Å². The highest BCUT2D eigenvalue weighted by Gasteiger charge is 2.43. The standard InChI is InChI=1S/C25H20F6N4O3S/c26-24(27,28)16-3-2-14(17(9-16)25(29,30)31)12-34-18-4-1-13(7-15(18)10-33-34)8-21-22(37)35(23(38)39-21)19-11-32-6-5-20(19)36/h1-4,7-10,19-20,32,36H,5-6,11-12H2/b21-8-/t19-,20-/m0/s1. The monoisotopic (exact) mass is 570 g/mol. The summed E-state index contributed by atoms with van der Waals surface area (Å²) in [4.78, 5) is 26.7. The zero-order chi connectivity index (χ0) is 28.1. The number of aromatic nitrogens is 2. The molecule has 2 saturated heterocycles. The van der Waals surface area contributed by atoms with E-state index >= 15 is 0 Å². The molecule has 39 heavy (non-hydrogen) atoms. The number of aliphatic hydroxyl groups is 1. The second kappa shape index (κ2) is 9.99. The number of thioether (sulfide) groups is 1. The van der Waals surface area contributed by atoms with Crippen molar-refractivity contribution in [3.8, 4) is 0 Å². The van der Waals surface area contributed by atoms with E-state index in [4.69, 9.17) is 0 Å². The minimum absolute atomic E-state index is 0.0918. The van der Waals surface area contributed by atoms with Gasteiger partial charge in [0.2, 0.25) is 0 Å². The van der Waals surface area contributed by atoms with Gasteiger partial charge in [0.15, 0.2) is 0 Å². The van der Waals surface area contributed by atoms with E-state index in [0.717, 1.165) is 22.7 Å². The third-order valence-corrected chi connectivity index (χ3v) is 7.48. The number of carbonyl (C=O) groups is 2. The van der Waals surface area contributed by atoms with Gasteiger partial charge in [-0.2, -0.15) is 31.4 Å². The molecule has 0 saturated carbocycles. The van der Waals surface area contributed by atoms with Crippen molar-refractivity contribution in [2.24, 2.45) is 0 Å². The third kappa shape index (κ3) is 5.40. The maximum atomic E-state index is 13.6. The summed E-state index contributed by atoms with van der Waals surface area (Å²) < 4.78 is 80.9. The lowest BCUT2D eigenvalue weighted by molar-refractivity contribution is -0.143. The molecule has 2 amide bonds. The summed E-state index contributed by atoms with van der Waals surface area (Å²) in [6.07, 6.45) is -7.46. The summed E-state index contributed by atoms with van der Waals surface area (Å²) in [6, 6.07) is 5.58. The number of fused-ring (bicyclic) bond motifs is 1. The first-order chi connectivity index (χ1) is 18.3. The van der Waals surface area contributed by atoms with Crippen molar-refractivity contribution in [3.05, 3.63) is 69.8 Å². The molecular formula is C25H20F6N4O3S. The molecule has 2 atom stereocenters. The lowest BCUT2D eigenvalue weighted by Crippen LogP contribution is -2.55. The van der Waals surface area contributed by atoms with Crippen LogP contribution >= 0.6 is 11.8 Å². The maximum Gasteiger partial charge on any atom is 0.416 e. The van der Waals surface area contributed by atoms with Gasteiger partial charge in [0, 0.05) is 11.9 Å². The van der Waals surface area contributed by atoms with Gasteiger partial charge in [-0.1, -0.05) is 12.1 Å². The highest BCUT2D eigenvalue weighted by molar-refractivity contribution is 8.18. The molecule has 7 nitrogen and oxygen atoms in total. The molecule has 14 heteroatoms. The fourth-order valence-corrected chi connectivity index (χ4v) is 5.53. The summed E-state index contributed by atoms with van der Waals surface area (Å²) in [7, 11) is 0. The number of alkyl halides is 6. The number of hydrogen-bond acceptors (Lipinski definition) is 6. The van der Waals surface area contributed by atoms with Crippen molar-refractivity contribution < 1.29 is 41.0 Å². The predicted octanol–water partition coefficient (Wildman–Crippen LogP) is 4.88. The van der Waals surface area contributed by atoms with Gasteiger partial charge in [-0.3, -0.25) is 19.2 Å². The molecule has 1 aromatic heterocycles. The number of rotatable bonds is 4. The Morgan fingerprint density at radius 2 is 1.85 bits per heavy atom. The average Bonchev–Trinajstić information content (AvgIpc) is 3.37. The van der Waals surface area contributed by atoms with Crippen LogP contribution < -0.4 is 5.32 Å². The normalized spacial score (nSPS) is 21.9. The molecule has 3 aromatic rings. The van der Waals surface area contributed by atoms with E-state index in [1.165, 1.54) is 17.0 Å². The van der Waals surface area contributed by atoms with E-state index < -0.39 is 53.3 Å². The number of benzene rings is 2. The van der Waals surface area contributed by atoms with E-state index in [-0.39, 0.29) is 23.1 Å². The molecule has 0 unspecified atom stereocenters. The Bertz CT molecular complexity index is 1480. The van der Waals surface area contributed by atoms with Crippen LogP contribution in [0, 0.1) is 0 Å². The molecular weight excluding hydrogens is 550 g/mol. The number of imide groups is 1. The number of nitrogens with one attached hydrogen (secondary N) is 1. The maximum absolute atomic E-state index is 13.6. The summed E-state index contributed by atoms with van der Waals surface area (Å²) in [5.41, 5.74) is -2.22. The molecule has 2 N–H and O–H groups in total. The van der Waals surface area contributed by atoms with Crippen LogP contribution in [0.25, 0.3) is 17.0 Å². The molecule has 3 heterocycles. The number of nitrogens with zero attached hydrogens (tertiary/aromatic N) is 3. The lowest BCUT2D eigenvalue weighted by atomic mass is 10.0. The van der Waals surface area contributed by atoms with Gasteiger partial charge in [0.25, 0.3) is 11.1 Å². The lowest BCUT2D eigenvalue weighted by Gasteiger charge is -2.33. The van der Waals surface area contributed by atoms with E-state index in [9.17, 15) is 41.0 Å². The number of halogens is 6. The van der Waals surface area contributed by atoms with Crippen LogP contribution in [-0.4, -0.2) is 56.2 Å². The Hall–Kier alpha value is -3.36. The molecule has 2 aliphatic rings. The van der Waals surface area contributed by atoms with Gasteiger partial charge in [0.05, 0.1) is 46.4 Å². The van der Waals surface area contributed by atoms with Gasteiger partial charge >= 0.3 is 12.4 Å². The molecule has 0 bridgehead atoms. The van der Waals surface area contributed by atoms with Crippen molar-refractivity contribution in [3.63, 3.8) is 0 Å². The minimum atomic E-state index is -5.00. The highest BCUT2D eigenvalue weighted by Crippen LogP contribution is 2.38. The van der Waals surface area contributed by atoms with Crippen molar-refractivity contribution in [1.82, 2.24) is 20.0 Å². The van der Waals surface area contributed by atoms with Crippen molar-refractivity contribution >= 4 is 39.9 Å². The smallest absolute Gasteiger partial charge is 0.391 e. The molecule has 0 aliphatic carbocycles. The SMILES string of the molecule is O=C1S/C(=C\c2ccc3c(cnn3Cc3ccc(C(F)(F)F)cc3C(F)(F)F)c2)C(=O)N1[C@H]1CNCC[C@@H]1O. The molecule has 2 aromatic carbocycles. The van der Waals surface area contributed by atoms with Crippen LogP contribution in [0.15, 0.2) is 47.5 Å². The topological polar surface area (TPSA) is 87.5 Å². The first kappa shape index (κ1) is 27.2. The number of aliphatic hydroxyl groups excluding tert-OH is 1. The fourth-order valence-electron chi connectivity index (χ4n) is 4.65. The molecule has 2 aliphatic heterocycles. The van der Waals surface area contributed by atoms with Crippen LogP contribution in [0.3, 0.4) is 0 Å². The Balaban J connectivity index is 1.40. The Kier molecular flexibility index (Phi) is 6.97. The van der Waals surface area contributed by atoms with E-state index in [1.54, 1.807) is 18.2 Å². The van der Waals surface area contributed by atoms with Crippen LogP contribution in [-0.2, 0) is 23.7 Å². The zero-order valence-electron chi connectivity index (χ0n) is 19.9. The summed E-state index contributed by atoms with van der Waals surface area (Å²) in [6.45, 7) is 0.437. The summed E-state index contributed by atoms with van der Waals surface area (Å²) >= 11 is 0.744. The van der Waals surface area contributed by atoms with Crippen molar-refractivity contribution in [2.45, 2.75) is 37.5 Å². The number of hydrogen-bond donors (Lipinski definition) is 2. The van der Waals surface area contributed by atoms with Gasteiger partial charge < -0.3 is 10.4 Å². The van der Waals surface area contributed by atoms with Gasteiger partial charge in [-0.05, 0) is 66.2 Å². The van der Waals surface area contributed by atoms with Gasteiger partial charge in [0.1, 0.15) is 0 Å². The van der Waals surface area contributed by atoms with Crippen LogP contribution in [0.5, 0.6) is 0 Å². The predicted molar refractivity (Wildman–Crippen MR) is 130 cm³/mol.